The van der Waals surface area contributed by atoms with Crippen LogP contribution in [0.1, 0.15) is 25.3 Å². The number of unbranched alkanes of at least 4 members (excludes halogenated alkanes) is 1. The topological polar surface area (TPSA) is 41.0 Å². The highest BCUT2D eigenvalue weighted by molar-refractivity contribution is 6.12. The van der Waals surface area contributed by atoms with Crippen molar-refractivity contribution in [2.24, 2.45) is 0 Å². The van der Waals surface area contributed by atoms with Crippen molar-refractivity contribution in [3.8, 4) is 11.1 Å². The van der Waals surface area contributed by atoms with E-state index in [2.05, 4.69) is 53.4 Å². The normalized spacial score (nSPS) is 11.4. The minimum atomic E-state index is -0.239. The first-order valence-corrected chi connectivity index (χ1v) is 12.6. The number of hydrogen-bond acceptors (Lipinski definition) is 4. The summed E-state index contributed by atoms with van der Waals surface area (Å²) in [5.41, 5.74) is 4.53. The molecule has 36 heavy (non-hydrogen) atoms. The van der Waals surface area contributed by atoms with Crippen LogP contribution in [0.5, 0.6) is 0 Å². The monoisotopic (exact) mass is 478 g/mol. The molecule has 1 aromatic heterocycles. The molecule has 0 unspecified atom stereocenters. The number of rotatable bonds is 9. The number of nitrogens with zero attached hydrogens (tertiary/aromatic N) is 3. The van der Waals surface area contributed by atoms with Crippen molar-refractivity contribution >= 4 is 33.3 Å². The molecule has 0 aliphatic heterocycles. The molecule has 0 atom stereocenters. The number of benzene rings is 4. The van der Waals surface area contributed by atoms with Crippen molar-refractivity contribution in [2.75, 3.05) is 25.5 Å². The van der Waals surface area contributed by atoms with E-state index in [1.54, 1.807) is 6.07 Å². The third-order valence-corrected chi connectivity index (χ3v) is 6.64. The molecule has 5 heteroatoms. The van der Waals surface area contributed by atoms with Gasteiger partial charge >= 0.3 is 0 Å². The molecule has 182 valence electrons. The lowest BCUT2D eigenvalue weighted by Crippen LogP contribution is -2.22. The summed E-state index contributed by atoms with van der Waals surface area (Å²) in [4.78, 5) is 11.8. The fraction of sp³-hybridized carbons (Fsp3) is 0.226. The highest BCUT2D eigenvalue weighted by Crippen LogP contribution is 2.35. The van der Waals surface area contributed by atoms with Crippen molar-refractivity contribution in [3.05, 3.63) is 96.4 Å². The van der Waals surface area contributed by atoms with Gasteiger partial charge in [0.05, 0.1) is 5.52 Å². The molecule has 0 amide bonds. The summed E-state index contributed by atoms with van der Waals surface area (Å²) in [5, 5.41) is 6.16. The number of fused-ring (bicyclic) bond motifs is 3. The largest absolute Gasteiger partial charge is 0.324 e. The minimum Gasteiger partial charge on any atom is -0.324 e. The van der Waals surface area contributed by atoms with E-state index < -0.39 is 0 Å². The average molecular weight is 479 g/mol. The first-order chi connectivity index (χ1) is 17.6. The van der Waals surface area contributed by atoms with Gasteiger partial charge in [-0.25, -0.2) is 14.4 Å². The van der Waals surface area contributed by atoms with Gasteiger partial charge in [0.25, 0.3) is 0 Å². The van der Waals surface area contributed by atoms with Crippen LogP contribution in [0, 0.1) is 5.82 Å². The lowest BCUT2D eigenvalue weighted by atomic mass is 9.95. The first-order valence-electron chi connectivity index (χ1n) is 12.6. The van der Waals surface area contributed by atoms with Crippen LogP contribution in [0.4, 0.5) is 16.0 Å². The standard InChI is InChI=1S/C31H31FN4/c1-3-4-18-36(2)19-17-22-13-15-24(16-14-22)34-31-33-21-23-20-28(26-10-7-8-12-29(26)32)25-9-5-6-11-27(25)30(23)35-31/h5-16,20-21H,3-4,17-19H2,1-2H3,(H,33,34,35). The van der Waals surface area contributed by atoms with Crippen LogP contribution in [0.15, 0.2) is 85.1 Å². The first kappa shape index (κ1) is 23.9. The molecule has 5 rings (SSSR count). The maximum absolute atomic E-state index is 14.6. The van der Waals surface area contributed by atoms with Crippen LogP contribution in [-0.4, -0.2) is 35.0 Å². The van der Waals surface area contributed by atoms with Gasteiger partial charge in [-0.2, -0.15) is 0 Å². The van der Waals surface area contributed by atoms with Crippen molar-refractivity contribution in [3.63, 3.8) is 0 Å². The van der Waals surface area contributed by atoms with E-state index >= 15 is 0 Å². The van der Waals surface area contributed by atoms with Gasteiger partial charge in [0.15, 0.2) is 0 Å². The second kappa shape index (κ2) is 10.8. The smallest absolute Gasteiger partial charge is 0.227 e. The molecule has 0 fully saturated rings. The summed E-state index contributed by atoms with van der Waals surface area (Å²) in [7, 11) is 2.19. The quantitative estimate of drug-likeness (QED) is 0.221. The van der Waals surface area contributed by atoms with Crippen LogP contribution in [-0.2, 0) is 6.42 Å². The molecule has 0 bridgehead atoms. The average Bonchev–Trinajstić information content (AvgIpc) is 2.91. The van der Waals surface area contributed by atoms with Crippen LogP contribution in [0.2, 0.25) is 0 Å². The third kappa shape index (κ3) is 5.21. The van der Waals surface area contributed by atoms with Crippen LogP contribution in [0.25, 0.3) is 32.8 Å². The van der Waals surface area contributed by atoms with Crippen LogP contribution < -0.4 is 5.32 Å². The van der Waals surface area contributed by atoms with Gasteiger partial charge in [-0.05, 0) is 67.2 Å². The number of likely N-dealkylation sites (N-methyl/N-ethyl adjacent to an activating group) is 1. The molecule has 5 aromatic rings. The SMILES string of the molecule is CCCCN(C)CCc1ccc(Nc2ncc3cc(-c4ccccc4F)c4ccccc4c3n2)cc1. The Morgan fingerprint density at radius 3 is 2.39 bits per heavy atom. The summed E-state index contributed by atoms with van der Waals surface area (Å²) in [6, 6.07) is 25.3. The fourth-order valence-electron chi connectivity index (χ4n) is 4.58. The summed E-state index contributed by atoms with van der Waals surface area (Å²) in [5.74, 6) is 0.301. The third-order valence-electron chi connectivity index (χ3n) is 6.64. The molecule has 1 heterocycles. The van der Waals surface area contributed by atoms with Gasteiger partial charge in [-0.3, -0.25) is 0 Å². The van der Waals surface area contributed by atoms with Crippen molar-refractivity contribution in [1.82, 2.24) is 14.9 Å². The molecule has 4 nitrogen and oxygen atoms in total. The van der Waals surface area contributed by atoms with Gasteiger partial charge in [-0.15, -0.1) is 0 Å². The summed E-state index contributed by atoms with van der Waals surface area (Å²) >= 11 is 0. The Hall–Kier alpha value is -3.83. The zero-order chi connectivity index (χ0) is 24.9. The van der Waals surface area contributed by atoms with Gasteiger partial charge < -0.3 is 10.2 Å². The predicted octanol–water partition coefficient (Wildman–Crippen LogP) is 7.61. The Labute approximate surface area is 211 Å². The molecule has 0 saturated heterocycles. The lowest BCUT2D eigenvalue weighted by molar-refractivity contribution is 0.332. The number of nitrogens with one attached hydrogen (secondary N) is 1. The second-order valence-corrected chi connectivity index (χ2v) is 9.31. The highest BCUT2D eigenvalue weighted by atomic mass is 19.1. The van der Waals surface area contributed by atoms with Crippen LogP contribution in [0.3, 0.4) is 0 Å². The molecule has 0 spiro atoms. The molecule has 0 saturated carbocycles. The van der Waals surface area contributed by atoms with E-state index in [4.69, 9.17) is 4.98 Å². The molecular weight excluding hydrogens is 447 g/mol. The molecule has 0 aliphatic rings. The van der Waals surface area contributed by atoms with Crippen molar-refractivity contribution < 1.29 is 4.39 Å². The second-order valence-electron chi connectivity index (χ2n) is 9.31. The Bertz CT molecular complexity index is 1480. The fourth-order valence-corrected chi connectivity index (χ4v) is 4.58. The van der Waals surface area contributed by atoms with Gasteiger partial charge in [0.1, 0.15) is 5.82 Å². The van der Waals surface area contributed by atoms with E-state index in [1.807, 2.05) is 48.7 Å². The van der Waals surface area contributed by atoms with Crippen molar-refractivity contribution in [2.45, 2.75) is 26.2 Å². The molecule has 1 N–H and O–H groups in total. The zero-order valence-electron chi connectivity index (χ0n) is 20.8. The maximum Gasteiger partial charge on any atom is 0.227 e. The maximum atomic E-state index is 14.6. The van der Waals surface area contributed by atoms with E-state index in [1.165, 1.54) is 24.5 Å². The highest BCUT2D eigenvalue weighted by Gasteiger charge is 2.13. The molecular formula is C31H31FN4. The summed E-state index contributed by atoms with van der Waals surface area (Å²) in [6.07, 6.45) is 5.31. The Morgan fingerprint density at radius 1 is 0.861 bits per heavy atom. The van der Waals surface area contributed by atoms with Gasteiger partial charge in [-0.1, -0.05) is 67.9 Å². The van der Waals surface area contributed by atoms with Gasteiger partial charge in [0.2, 0.25) is 5.95 Å². The number of hydrogen-bond donors (Lipinski definition) is 1. The van der Waals surface area contributed by atoms with E-state index in [0.717, 1.165) is 52.4 Å². The Kier molecular flexibility index (Phi) is 7.19. The van der Waals surface area contributed by atoms with Crippen molar-refractivity contribution in [1.29, 1.82) is 0 Å². The molecule has 0 aliphatic carbocycles. The van der Waals surface area contributed by atoms with E-state index in [9.17, 15) is 4.39 Å². The number of halogens is 1. The Balaban J connectivity index is 1.40. The van der Waals surface area contributed by atoms with E-state index in [0.29, 0.717) is 11.5 Å². The van der Waals surface area contributed by atoms with Gasteiger partial charge in [0, 0.05) is 34.8 Å². The summed E-state index contributed by atoms with van der Waals surface area (Å²) in [6.45, 7) is 4.43. The summed E-state index contributed by atoms with van der Waals surface area (Å²) < 4.78 is 14.6. The zero-order valence-corrected chi connectivity index (χ0v) is 20.8. The number of anilines is 2. The Morgan fingerprint density at radius 2 is 1.61 bits per heavy atom. The van der Waals surface area contributed by atoms with E-state index in [-0.39, 0.29) is 5.82 Å². The van der Waals surface area contributed by atoms with Crippen LogP contribution >= 0.6 is 0 Å². The number of aromatic nitrogens is 2. The minimum absolute atomic E-state index is 0.239. The predicted molar refractivity (Wildman–Crippen MR) is 148 cm³/mol. The molecule has 0 radical (unpaired) electrons. The lowest BCUT2D eigenvalue weighted by Gasteiger charge is -2.16. The molecule has 4 aromatic carbocycles.